The lowest BCUT2D eigenvalue weighted by Crippen LogP contribution is -2.24. The topological polar surface area (TPSA) is 106 Å². The van der Waals surface area contributed by atoms with Crippen LogP contribution < -0.4 is 19.6 Å². The number of nitrogens with zero attached hydrogens (tertiary/aromatic N) is 3. The first-order valence-electron chi connectivity index (χ1n) is 10.7. The number of rotatable bonds is 9. The molecule has 0 radical (unpaired) electrons. The van der Waals surface area contributed by atoms with Crippen LogP contribution in [0.1, 0.15) is 16.7 Å². The number of para-hydroxylation sites is 1. The molecule has 1 heterocycles. The number of nitrogens with one attached hydrogen (secondary N) is 1. The van der Waals surface area contributed by atoms with Crippen molar-refractivity contribution in [3.05, 3.63) is 95.7 Å². The average molecular weight is 466 g/mol. The highest BCUT2D eigenvalue weighted by Gasteiger charge is 2.09. The van der Waals surface area contributed by atoms with Gasteiger partial charge in [-0.2, -0.15) is 10.4 Å². The predicted molar refractivity (Wildman–Crippen MR) is 131 cm³/mol. The Hall–Kier alpha value is -4.90. The molecule has 0 fully saturated rings. The van der Waals surface area contributed by atoms with Crippen molar-refractivity contribution < 1.29 is 19.0 Å². The van der Waals surface area contributed by atoms with E-state index >= 15 is 0 Å². The van der Waals surface area contributed by atoms with E-state index in [4.69, 9.17) is 14.2 Å². The molecule has 1 aromatic heterocycles. The third-order valence-corrected chi connectivity index (χ3v) is 5.07. The molecule has 1 amide bonds. The summed E-state index contributed by atoms with van der Waals surface area (Å²) in [4.78, 5) is 16.5. The Bertz CT molecular complexity index is 1410. The molecule has 0 spiro atoms. The number of hydrogen-bond donors (Lipinski definition) is 1. The Kier molecular flexibility index (Phi) is 7.51. The molecule has 0 aliphatic heterocycles. The molecular formula is C27H22N4O4. The second-order valence-electron chi connectivity index (χ2n) is 7.38. The van der Waals surface area contributed by atoms with Gasteiger partial charge in [-0.25, -0.2) is 5.43 Å². The lowest BCUT2D eigenvalue weighted by molar-refractivity contribution is -0.123. The normalized spacial score (nSPS) is 10.6. The quantitative estimate of drug-likeness (QED) is 0.292. The maximum Gasteiger partial charge on any atom is 0.277 e. The highest BCUT2D eigenvalue weighted by molar-refractivity contribution is 5.86. The summed E-state index contributed by atoms with van der Waals surface area (Å²) in [6, 6.07) is 24.0. The van der Waals surface area contributed by atoms with Crippen LogP contribution in [-0.2, 0) is 11.4 Å². The molecule has 4 rings (SSSR count). The van der Waals surface area contributed by atoms with Crippen molar-refractivity contribution in [2.75, 3.05) is 13.7 Å². The second-order valence-corrected chi connectivity index (χ2v) is 7.38. The standard InChI is InChI=1S/C27H22N4O4/c1-33-25-14-19(11-12-23(25)34-17-22-7-3-2-6-21(22)15-28)16-30-31-26(32)18-35-24-10-4-8-20-9-5-13-29-27(20)24/h2-14,16H,17-18H2,1H3,(H,31,32). The van der Waals surface area contributed by atoms with Gasteiger partial charge < -0.3 is 14.2 Å². The number of aromatic nitrogens is 1. The molecule has 0 saturated carbocycles. The summed E-state index contributed by atoms with van der Waals surface area (Å²) < 4.78 is 16.9. The highest BCUT2D eigenvalue weighted by Crippen LogP contribution is 2.28. The minimum absolute atomic E-state index is 0.201. The van der Waals surface area contributed by atoms with Crippen molar-refractivity contribution >= 4 is 23.0 Å². The Morgan fingerprint density at radius 3 is 2.74 bits per heavy atom. The van der Waals surface area contributed by atoms with Crippen molar-refractivity contribution in [3.63, 3.8) is 0 Å². The van der Waals surface area contributed by atoms with Crippen LogP contribution in [-0.4, -0.2) is 30.8 Å². The number of hydrazone groups is 1. The van der Waals surface area contributed by atoms with Gasteiger partial charge in [-0.1, -0.05) is 36.4 Å². The molecule has 0 atom stereocenters. The van der Waals surface area contributed by atoms with Crippen LogP contribution in [0.2, 0.25) is 0 Å². The number of hydrogen-bond acceptors (Lipinski definition) is 7. The van der Waals surface area contributed by atoms with Gasteiger partial charge in [0, 0.05) is 17.1 Å². The zero-order valence-electron chi connectivity index (χ0n) is 19.0. The van der Waals surface area contributed by atoms with E-state index in [1.165, 1.54) is 13.3 Å². The molecule has 4 aromatic rings. The molecular weight excluding hydrogens is 444 g/mol. The minimum Gasteiger partial charge on any atom is -0.493 e. The number of fused-ring (bicyclic) bond motifs is 1. The van der Waals surface area contributed by atoms with Crippen molar-refractivity contribution in [2.45, 2.75) is 6.61 Å². The average Bonchev–Trinajstić information content (AvgIpc) is 2.91. The van der Waals surface area contributed by atoms with Gasteiger partial charge in [0.05, 0.1) is 25.0 Å². The predicted octanol–water partition coefficient (Wildman–Crippen LogP) is 4.22. The molecule has 3 aromatic carbocycles. The highest BCUT2D eigenvalue weighted by atomic mass is 16.5. The molecule has 0 unspecified atom stereocenters. The van der Waals surface area contributed by atoms with E-state index in [1.54, 1.807) is 36.5 Å². The largest absolute Gasteiger partial charge is 0.493 e. The molecule has 35 heavy (non-hydrogen) atoms. The van der Waals surface area contributed by atoms with Crippen LogP contribution in [0.3, 0.4) is 0 Å². The second kappa shape index (κ2) is 11.3. The van der Waals surface area contributed by atoms with E-state index < -0.39 is 5.91 Å². The van der Waals surface area contributed by atoms with Crippen LogP contribution in [0.15, 0.2) is 84.1 Å². The molecule has 0 saturated heterocycles. The maximum atomic E-state index is 12.2. The molecule has 8 nitrogen and oxygen atoms in total. The van der Waals surface area contributed by atoms with Gasteiger partial charge in [-0.15, -0.1) is 0 Å². The van der Waals surface area contributed by atoms with Gasteiger partial charge in [-0.05, 0) is 42.0 Å². The van der Waals surface area contributed by atoms with Crippen LogP contribution in [0.25, 0.3) is 10.9 Å². The fourth-order valence-electron chi connectivity index (χ4n) is 3.34. The Morgan fingerprint density at radius 1 is 1.03 bits per heavy atom. The lowest BCUT2D eigenvalue weighted by atomic mass is 10.1. The van der Waals surface area contributed by atoms with Crippen molar-refractivity contribution in [2.24, 2.45) is 5.10 Å². The number of amides is 1. The van der Waals surface area contributed by atoms with E-state index in [9.17, 15) is 10.1 Å². The fraction of sp³-hybridized carbons (Fsp3) is 0.111. The monoisotopic (exact) mass is 466 g/mol. The van der Waals surface area contributed by atoms with E-state index in [1.807, 2.05) is 42.5 Å². The Labute approximate surface area is 202 Å². The molecule has 174 valence electrons. The first-order valence-corrected chi connectivity index (χ1v) is 10.7. The molecule has 0 aliphatic rings. The summed E-state index contributed by atoms with van der Waals surface area (Å²) >= 11 is 0. The first kappa shape index (κ1) is 23.3. The van der Waals surface area contributed by atoms with Crippen molar-refractivity contribution in [1.29, 1.82) is 5.26 Å². The number of carbonyl (C=O) groups excluding carboxylic acids is 1. The third kappa shape index (κ3) is 5.92. The van der Waals surface area contributed by atoms with E-state index in [0.29, 0.717) is 33.9 Å². The van der Waals surface area contributed by atoms with E-state index in [-0.39, 0.29) is 13.2 Å². The number of methoxy groups -OCH3 is 1. The summed E-state index contributed by atoms with van der Waals surface area (Å²) in [6.07, 6.45) is 3.17. The van der Waals surface area contributed by atoms with Gasteiger partial charge in [0.15, 0.2) is 18.1 Å². The number of carbonyl (C=O) groups is 1. The van der Waals surface area contributed by atoms with Crippen molar-refractivity contribution in [3.8, 4) is 23.3 Å². The number of pyridine rings is 1. The van der Waals surface area contributed by atoms with Gasteiger partial charge in [0.2, 0.25) is 0 Å². The zero-order chi connectivity index (χ0) is 24.5. The summed E-state index contributed by atoms with van der Waals surface area (Å²) in [7, 11) is 1.54. The van der Waals surface area contributed by atoms with Gasteiger partial charge in [0.1, 0.15) is 17.9 Å². The van der Waals surface area contributed by atoms with Crippen LogP contribution in [0.4, 0.5) is 0 Å². The summed E-state index contributed by atoms with van der Waals surface area (Å²) in [6.45, 7) is 0.0309. The molecule has 0 bridgehead atoms. The van der Waals surface area contributed by atoms with Crippen molar-refractivity contribution in [1.82, 2.24) is 10.4 Å². The smallest absolute Gasteiger partial charge is 0.277 e. The Morgan fingerprint density at radius 2 is 1.89 bits per heavy atom. The summed E-state index contributed by atoms with van der Waals surface area (Å²) in [5.41, 5.74) is 5.18. The van der Waals surface area contributed by atoms with Crippen LogP contribution >= 0.6 is 0 Å². The number of benzene rings is 3. The van der Waals surface area contributed by atoms with Crippen LogP contribution in [0.5, 0.6) is 17.2 Å². The number of ether oxygens (including phenoxy) is 3. The summed E-state index contributed by atoms with van der Waals surface area (Å²) in [5.74, 6) is 1.15. The first-order chi connectivity index (χ1) is 17.2. The summed E-state index contributed by atoms with van der Waals surface area (Å²) in [5, 5.41) is 14.1. The van der Waals surface area contributed by atoms with E-state index in [2.05, 4.69) is 21.6 Å². The maximum absolute atomic E-state index is 12.2. The Balaban J connectivity index is 1.33. The van der Waals surface area contributed by atoms with Gasteiger partial charge in [-0.3, -0.25) is 9.78 Å². The van der Waals surface area contributed by atoms with E-state index in [0.717, 1.165) is 10.9 Å². The zero-order valence-corrected chi connectivity index (χ0v) is 19.0. The third-order valence-electron chi connectivity index (χ3n) is 5.07. The molecule has 8 heteroatoms. The SMILES string of the molecule is COc1cc(C=NNC(=O)COc2cccc3cccnc23)ccc1OCc1ccccc1C#N. The molecule has 0 aliphatic carbocycles. The van der Waals surface area contributed by atoms with Gasteiger partial charge in [0.25, 0.3) is 5.91 Å². The van der Waals surface area contributed by atoms with Crippen LogP contribution in [0, 0.1) is 11.3 Å². The fourth-order valence-corrected chi connectivity index (χ4v) is 3.34. The molecule has 1 N–H and O–H groups in total. The minimum atomic E-state index is -0.405. The number of nitriles is 1. The van der Waals surface area contributed by atoms with Gasteiger partial charge >= 0.3 is 0 Å². The lowest BCUT2D eigenvalue weighted by Gasteiger charge is -2.12.